The van der Waals surface area contributed by atoms with E-state index < -0.39 is 5.54 Å². The first-order chi connectivity index (χ1) is 18.6. The average molecular weight is 531 g/mol. The Bertz CT molecular complexity index is 631. The number of nitrogens with zero attached hydrogens (tertiary/aromatic N) is 2. The van der Waals surface area contributed by atoms with Crippen LogP contribution in [0.4, 0.5) is 0 Å². The smallest absolute Gasteiger partial charge is 0.252 e. The van der Waals surface area contributed by atoms with E-state index in [-0.39, 0.29) is 36.0 Å². The summed E-state index contributed by atoms with van der Waals surface area (Å²) in [6.45, 7) is 0.645. The molecule has 0 saturated heterocycles. The molecule has 4 aliphatic rings. The summed E-state index contributed by atoms with van der Waals surface area (Å²) in [5.41, 5.74) is 11.6. The van der Waals surface area contributed by atoms with E-state index in [2.05, 4.69) is 9.80 Å². The Balaban J connectivity index is 1.66. The van der Waals surface area contributed by atoms with Gasteiger partial charge < -0.3 is 21.3 Å². The zero-order chi connectivity index (χ0) is 26.8. The van der Waals surface area contributed by atoms with Crippen molar-refractivity contribution in [2.24, 2.45) is 11.5 Å². The number of hydrogen-bond acceptors (Lipinski definition) is 4. The number of carbonyl (C=O) groups excluding carboxylic acids is 2. The van der Waals surface area contributed by atoms with E-state index in [0.29, 0.717) is 13.0 Å². The summed E-state index contributed by atoms with van der Waals surface area (Å²) in [7, 11) is 0. The normalized spacial score (nSPS) is 23.3. The Hall–Kier alpha value is -1.14. The summed E-state index contributed by atoms with van der Waals surface area (Å²) >= 11 is 0. The zero-order valence-electron chi connectivity index (χ0n) is 24.4. The van der Waals surface area contributed by atoms with Crippen LogP contribution >= 0.6 is 0 Å². The van der Waals surface area contributed by atoms with Gasteiger partial charge in [-0.15, -0.1) is 0 Å². The molecule has 4 rings (SSSR count). The number of nitrogens with two attached hydrogens (primary N) is 2. The molecule has 0 heterocycles. The van der Waals surface area contributed by atoms with E-state index in [9.17, 15) is 9.59 Å². The molecule has 0 aliphatic heterocycles. The predicted octanol–water partition coefficient (Wildman–Crippen LogP) is 6.19. The van der Waals surface area contributed by atoms with Crippen LogP contribution in [0.1, 0.15) is 154 Å². The van der Waals surface area contributed by atoms with E-state index in [0.717, 1.165) is 70.6 Å². The van der Waals surface area contributed by atoms with E-state index in [1.165, 1.54) is 77.0 Å². The van der Waals surface area contributed by atoms with Crippen molar-refractivity contribution in [1.82, 2.24) is 9.80 Å². The van der Waals surface area contributed by atoms with Crippen LogP contribution in [0.25, 0.3) is 0 Å². The van der Waals surface area contributed by atoms with Crippen molar-refractivity contribution in [2.45, 2.75) is 184 Å². The van der Waals surface area contributed by atoms with Crippen molar-refractivity contribution in [3.8, 4) is 0 Å². The molecule has 38 heavy (non-hydrogen) atoms. The molecule has 4 N–H and O–H groups in total. The fourth-order valence-corrected chi connectivity index (χ4v) is 8.19. The molecule has 0 aromatic rings. The number of unbranched alkanes of at least 4 members (excludes halogenated alkanes) is 2. The van der Waals surface area contributed by atoms with Gasteiger partial charge in [0.25, 0.3) is 11.8 Å². The Labute approximate surface area is 233 Å². The third-order valence-electron chi connectivity index (χ3n) is 10.4. The summed E-state index contributed by atoms with van der Waals surface area (Å²) in [4.78, 5) is 34.2. The van der Waals surface area contributed by atoms with Gasteiger partial charge >= 0.3 is 0 Å². The van der Waals surface area contributed by atoms with Gasteiger partial charge in [0.2, 0.25) is 0 Å². The Morgan fingerprint density at radius 2 is 0.842 bits per heavy atom. The monoisotopic (exact) mass is 530 g/mol. The number of amides is 2. The largest absolute Gasteiger partial charge is 0.335 e. The van der Waals surface area contributed by atoms with Crippen molar-refractivity contribution in [2.75, 3.05) is 6.54 Å². The van der Waals surface area contributed by atoms with Gasteiger partial charge in [0.05, 0.1) is 0 Å². The van der Waals surface area contributed by atoms with Gasteiger partial charge in [0.15, 0.2) is 5.54 Å². The summed E-state index contributed by atoms with van der Waals surface area (Å²) in [5.74, 6) is -0.0728. The lowest BCUT2D eigenvalue weighted by atomic mass is 9.81. The van der Waals surface area contributed by atoms with Crippen molar-refractivity contribution in [3.63, 3.8) is 0 Å². The second-order valence-corrected chi connectivity index (χ2v) is 13.2. The van der Waals surface area contributed by atoms with Crippen LogP contribution in [0.5, 0.6) is 0 Å². The molecule has 0 bridgehead atoms. The maximum absolute atomic E-state index is 14.9. The lowest BCUT2D eigenvalue weighted by Gasteiger charge is -2.49. The second-order valence-electron chi connectivity index (χ2n) is 13.2. The molecule has 4 aliphatic carbocycles. The maximum atomic E-state index is 14.9. The zero-order valence-corrected chi connectivity index (χ0v) is 24.4. The number of carbonyl (C=O) groups is 2. The molecule has 4 fully saturated rings. The van der Waals surface area contributed by atoms with Gasteiger partial charge in [-0.25, -0.2) is 0 Å². The summed E-state index contributed by atoms with van der Waals surface area (Å²) in [6, 6.07) is 0.989. The highest BCUT2D eigenvalue weighted by atomic mass is 16.2. The SMILES string of the molecule is NCCCCCC(N)(C(=O)N(C1CCCCC1)C1CCCCC1)C(=O)N(C1CCCCC1)C1CCCCC1. The minimum absolute atomic E-state index is 0.0364. The molecular formula is C32H58N4O2. The van der Waals surface area contributed by atoms with Crippen molar-refractivity contribution in [1.29, 1.82) is 0 Å². The molecule has 6 nitrogen and oxygen atoms in total. The fourth-order valence-electron chi connectivity index (χ4n) is 8.19. The first-order valence-electron chi connectivity index (χ1n) is 16.7. The van der Waals surface area contributed by atoms with Gasteiger partial charge in [-0.3, -0.25) is 9.59 Å². The fraction of sp³-hybridized carbons (Fsp3) is 0.938. The number of hydrogen-bond donors (Lipinski definition) is 2. The Morgan fingerprint density at radius 3 is 1.13 bits per heavy atom. The first kappa shape index (κ1) is 29.8. The predicted molar refractivity (Wildman–Crippen MR) is 156 cm³/mol. The van der Waals surface area contributed by atoms with Crippen LogP contribution in [0.15, 0.2) is 0 Å². The lowest BCUT2D eigenvalue weighted by Crippen LogP contribution is -2.69. The van der Waals surface area contributed by atoms with Gasteiger partial charge in [-0.2, -0.15) is 0 Å². The molecule has 0 aromatic carbocycles. The summed E-state index contributed by atoms with van der Waals surface area (Å²) < 4.78 is 0. The highest BCUT2D eigenvalue weighted by Gasteiger charge is 2.51. The number of rotatable bonds is 11. The van der Waals surface area contributed by atoms with E-state index in [4.69, 9.17) is 11.5 Å². The highest BCUT2D eigenvalue weighted by molar-refractivity contribution is 6.09. The van der Waals surface area contributed by atoms with Crippen molar-refractivity contribution < 1.29 is 9.59 Å². The Morgan fingerprint density at radius 1 is 0.526 bits per heavy atom. The standard InChI is InChI=1S/C32H58N4O2/c33-25-15-5-14-24-32(34,30(37)35(26-16-6-1-7-17-26)27-18-8-2-9-19-27)31(38)36(28-20-10-3-11-21-28)29-22-12-4-13-23-29/h26-29H,1-25,33-34H2. The van der Waals surface area contributed by atoms with Crippen molar-refractivity contribution in [3.05, 3.63) is 0 Å². The van der Waals surface area contributed by atoms with Gasteiger partial charge in [0.1, 0.15) is 0 Å². The third-order valence-corrected chi connectivity index (χ3v) is 10.4. The Kier molecular flexibility index (Phi) is 11.8. The van der Waals surface area contributed by atoms with Gasteiger partial charge in [-0.1, -0.05) is 89.9 Å². The third kappa shape index (κ3) is 7.33. The molecule has 218 valence electrons. The van der Waals surface area contributed by atoms with Crippen molar-refractivity contribution >= 4 is 11.8 Å². The molecule has 2 amide bonds. The van der Waals surface area contributed by atoms with Gasteiger partial charge in [0, 0.05) is 24.2 Å². The van der Waals surface area contributed by atoms with Crippen LogP contribution in [-0.2, 0) is 9.59 Å². The molecule has 0 unspecified atom stereocenters. The second kappa shape index (κ2) is 15.0. The van der Waals surface area contributed by atoms with E-state index >= 15 is 0 Å². The maximum Gasteiger partial charge on any atom is 0.252 e. The van der Waals surface area contributed by atoms with Crippen LogP contribution in [0.2, 0.25) is 0 Å². The minimum atomic E-state index is -1.45. The summed E-state index contributed by atoms with van der Waals surface area (Å²) in [6.07, 6.45) is 26.1. The van der Waals surface area contributed by atoms with Crippen LogP contribution in [-0.4, -0.2) is 57.9 Å². The highest BCUT2D eigenvalue weighted by Crippen LogP contribution is 2.36. The van der Waals surface area contributed by atoms with Gasteiger partial charge in [-0.05, 0) is 70.8 Å². The molecular weight excluding hydrogens is 472 g/mol. The first-order valence-corrected chi connectivity index (χ1v) is 16.7. The molecule has 4 saturated carbocycles. The molecule has 0 atom stereocenters. The molecule has 0 radical (unpaired) electrons. The van der Waals surface area contributed by atoms with Crippen LogP contribution in [0.3, 0.4) is 0 Å². The van der Waals surface area contributed by atoms with E-state index in [1.807, 2.05) is 0 Å². The molecule has 0 aromatic heterocycles. The van der Waals surface area contributed by atoms with Crippen LogP contribution < -0.4 is 11.5 Å². The van der Waals surface area contributed by atoms with E-state index in [1.54, 1.807) is 0 Å². The van der Waals surface area contributed by atoms with Crippen LogP contribution in [0, 0.1) is 0 Å². The quantitative estimate of drug-likeness (QED) is 0.246. The minimum Gasteiger partial charge on any atom is -0.335 e. The average Bonchev–Trinajstić information content (AvgIpc) is 2.97. The molecule has 0 spiro atoms. The summed E-state index contributed by atoms with van der Waals surface area (Å²) in [5, 5.41) is 0. The molecule has 6 heteroatoms. The topological polar surface area (TPSA) is 92.7 Å². The lowest BCUT2D eigenvalue weighted by molar-refractivity contribution is -0.157.